The third-order valence-corrected chi connectivity index (χ3v) is 6.38. The smallest absolute Gasteiger partial charge is 0.408 e. The molecular formula is C30H51N3O6. The van der Waals surface area contributed by atoms with Crippen molar-refractivity contribution in [2.24, 2.45) is 0 Å². The lowest BCUT2D eigenvalue weighted by atomic mass is 9.99. The number of aliphatic hydroxyl groups is 1. The molecule has 0 aliphatic carbocycles. The molecule has 39 heavy (non-hydrogen) atoms. The maximum Gasteiger partial charge on any atom is 0.408 e. The van der Waals surface area contributed by atoms with Crippen LogP contribution in [-0.4, -0.2) is 64.4 Å². The van der Waals surface area contributed by atoms with Crippen LogP contribution in [0.2, 0.25) is 0 Å². The van der Waals surface area contributed by atoms with Crippen LogP contribution in [0.4, 0.5) is 4.79 Å². The lowest BCUT2D eigenvalue weighted by molar-refractivity contribution is -0.143. The van der Waals surface area contributed by atoms with E-state index in [0.29, 0.717) is 24.1 Å². The van der Waals surface area contributed by atoms with Crippen LogP contribution in [0.25, 0.3) is 0 Å². The number of aromatic hydroxyl groups is 1. The Kier molecular flexibility index (Phi) is 15.5. The van der Waals surface area contributed by atoms with E-state index in [1.165, 1.54) is 11.0 Å². The van der Waals surface area contributed by atoms with Crippen LogP contribution >= 0.6 is 0 Å². The van der Waals surface area contributed by atoms with Crippen LogP contribution in [-0.2, 0) is 14.3 Å². The number of carbonyl (C=O) groups excluding carboxylic acids is 3. The fourth-order valence-electron chi connectivity index (χ4n) is 4.27. The summed E-state index contributed by atoms with van der Waals surface area (Å²) in [5.74, 6) is -0.824. The van der Waals surface area contributed by atoms with Crippen LogP contribution in [0.1, 0.15) is 110 Å². The summed E-state index contributed by atoms with van der Waals surface area (Å²) in [6.45, 7) is 11.2. The zero-order chi connectivity index (χ0) is 29.4. The molecule has 0 heterocycles. The Balaban J connectivity index is 3.34. The van der Waals surface area contributed by atoms with Gasteiger partial charge in [-0.05, 0) is 63.8 Å². The van der Waals surface area contributed by atoms with Gasteiger partial charge in [-0.2, -0.15) is 0 Å². The fourth-order valence-corrected chi connectivity index (χ4v) is 4.27. The standard InChI is InChI=1S/C30H51N3O6/c1-7-9-11-12-13-15-19-33(28(37)24(21-34)32-29(38)39-30(4,5)6)26(27(36)31-18-14-10-8-2)23-16-17-25(35)22(3)20-23/h16-17,20,24,26,34-35H,7-15,18-19,21H2,1-6H3,(H,31,36)(H,32,38). The number of unbranched alkanes of at least 4 members (excludes halogenated alkanes) is 7. The molecule has 2 atom stereocenters. The number of rotatable bonds is 17. The monoisotopic (exact) mass is 549 g/mol. The second kappa shape index (κ2) is 17.7. The lowest BCUT2D eigenvalue weighted by Gasteiger charge is -2.34. The van der Waals surface area contributed by atoms with Crippen LogP contribution in [0, 0.1) is 6.92 Å². The molecule has 9 nitrogen and oxygen atoms in total. The van der Waals surface area contributed by atoms with E-state index in [1.54, 1.807) is 39.8 Å². The minimum Gasteiger partial charge on any atom is -0.508 e. The number of hydrogen-bond donors (Lipinski definition) is 4. The summed E-state index contributed by atoms with van der Waals surface area (Å²) in [6.07, 6.45) is 7.89. The minimum atomic E-state index is -1.28. The average molecular weight is 550 g/mol. The molecule has 0 bridgehead atoms. The van der Waals surface area contributed by atoms with E-state index in [-0.39, 0.29) is 18.2 Å². The molecular weight excluding hydrogens is 498 g/mol. The fraction of sp³-hybridized carbons (Fsp3) is 0.700. The number of nitrogens with zero attached hydrogens (tertiary/aromatic N) is 1. The number of alkyl carbamates (subject to hydrolysis) is 1. The predicted octanol–water partition coefficient (Wildman–Crippen LogP) is 5.12. The highest BCUT2D eigenvalue weighted by Crippen LogP contribution is 2.27. The number of phenolic OH excluding ortho intramolecular Hbond substituents is 1. The Morgan fingerprint density at radius 1 is 0.974 bits per heavy atom. The molecule has 4 N–H and O–H groups in total. The quantitative estimate of drug-likeness (QED) is 0.200. The second-order valence-corrected chi connectivity index (χ2v) is 11.1. The van der Waals surface area contributed by atoms with E-state index in [0.717, 1.165) is 51.4 Å². The molecule has 1 rings (SSSR count). The highest BCUT2D eigenvalue weighted by Gasteiger charge is 2.36. The van der Waals surface area contributed by atoms with Gasteiger partial charge in [0, 0.05) is 13.1 Å². The SMILES string of the molecule is CCCCCCCCN(C(=O)C(CO)NC(=O)OC(C)(C)C)C(C(=O)NCCCCC)c1ccc(O)c(C)c1. The molecule has 1 aromatic carbocycles. The van der Waals surface area contributed by atoms with Gasteiger partial charge in [-0.25, -0.2) is 4.79 Å². The number of nitrogens with one attached hydrogen (secondary N) is 2. The van der Waals surface area contributed by atoms with Crippen LogP contribution in [0.15, 0.2) is 18.2 Å². The number of aryl methyl sites for hydroxylation is 1. The first-order chi connectivity index (χ1) is 18.4. The Morgan fingerprint density at radius 3 is 2.18 bits per heavy atom. The predicted molar refractivity (Wildman–Crippen MR) is 153 cm³/mol. The van der Waals surface area contributed by atoms with Crippen molar-refractivity contribution in [1.29, 1.82) is 0 Å². The van der Waals surface area contributed by atoms with Gasteiger partial charge in [-0.15, -0.1) is 0 Å². The van der Waals surface area contributed by atoms with Crippen molar-refractivity contribution >= 4 is 17.9 Å². The Morgan fingerprint density at radius 2 is 1.59 bits per heavy atom. The van der Waals surface area contributed by atoms with Crippen molar-refractivity contribution in [3.05, 3.63) is 29.3 Å². The maximum atomic E-state index is 13.9. The first-order valence-corrected chi connectivity index (χ1v) is 14.4. The summed E-state index contributed by atoms with van der Waals surface area (Å²) in [5.41, 5.74) is 0.343. The van der Waals surface area contributed by atoms with Gasteiger partial charge in [0.15, 0.2) is 0 Å². The molecule has 0 saturated heterocycles. The molecule has 0 aromatic heterocycles. The van der Waals surface area contributed by atoms with Crippen molar-refractivity contribution in [1.82, 2.24) is 15.5 Å². The molecule has 0 aliphatic rings. The topological polar surface area (TPSA) is 128 Å². The Hall–Kier alpha value is -2.81. The van der Waals surface area contributed by atoms with Crippen molar-refractivity contribution in [2.45, 2.75) is 117 Å². The first kappa shape index (κ1) is 34.2. The van der Waals surface area contributed by atoms with Crippen molar-refractivity contribution < 1.29 is 29.3 Å². The van der Waals surface area contributed by atoms with E-state index in [2.05, 4.69) is 24.5 Å². The van der Waals surface area contributed by atoms with Gasteiger partial charge >= 0.3 is 6.09 Å². The van der Waals surface area contributed by atoms with Gasteiger partial charge in [-0.1, -0.05) is 64.9 Å². The molecule has 2 unspecified atom stereocenters. The molecule has 0 radical (unpaired) electrons. The second-order valence-electron chi connectivity index (χ2n) is 11.1. The van der Waals surface area contributed by atoms with Gasteiger partial charge in [0.1, 0.15) is 23.4 Å². The third kappa shape index (κ3) is 12.7. The van der Waals surface area contributed by atoms with Gasteiger partial charge in [-0.3, -0.25) is 9.59 Å². The molecule has 0 fully saturated rings. The maximum absolute atomic E-state index is 13.9. The Bertz CT molecular complexity index is 899. The van der Waals surface area contributed by atoms with E-state index in [1.807, 2.05) is 0 Å². The molecule has 9 heteroatoms. The molecule has 222 valence electrons. The highest BCUT2D eigenvalue weighted by atomic mass is 16.6. The number of phenols is 1. The van der Waals surface area contributed by atoms with Crippen LogP contribution in [0.5, 0.6) is 5.75 Å². The first-order valence-electron chi connectivity index (χ1n) is 14.4. The van der Waals surface area contributed by atoms with Crippen LogP contribution in [0.3, 0.4) is 0 Å². The summed E-state index contributed by atoms with van der Waals surface area (Å²) in [7, 11) is 0. The van der Waals surface area contributed by atoms with Crippen molar-refractivity contribution in [2.75, 3.05) is 19.7 Å². The Labute approximate surface area is 234 Å². The van der Waals surface area contributed by atoms with Gasteiger partial charge < -0.3 is 30.5 Å². The molecule has 0 aliphatic heterocycles. The average Bonchev–Trinajstić information content (AvgIpc) is 2.86. The van der Waals surface area contributed by atoms with E-state index in [9.17, 15) is 24.6 Å². The zero-order valence-electron chi connectivity index (χ0n) is 24.8. The summed E-state index contributed by atoms with van der Waals surface area (Å²) in [5, 5.41) is 25.6. The molecule has 3 amide bonds. The van der Waals surface area contributed by atoms with Crippen LogP contribution < -0.4 is 10.6 Å². The largest absolute Gasteiger partial charge is 0.508 e. The van der Waals surface area contributed by atoms with Crippen molar-refractivity contribution in [3.8, 4) is 5.75 Å². The number of benzene rings is 1. The third-order valence-electron chi connectivity index (χ3n) is 6.38. The number of carbonyl (C=O) groups is 3. The summed E-state index contributed by atoms with van der Waals surface area (Å²) in [6, 6.07) is 2.56. The number of aliphatic hydroxyl groups excluding tert-OH is 1. The molecule has 0 spiro atoms. The number of ether oxygens (including phenoxy) is 1. The minimum absolute atomic E-state index is 0.0921. The van der Waals surface area contributed by atoms with Gasteiger partial charge in [0.2, 0.25) is 11.8 Å². The zero-order valence-corrected chi connectivity index (χ0v) is 24.8. The van der Waals surface area contributed by atoms with Gasteiger partial charge in [0.05, 0.1) is 6.61 Å². The highest BCUT2D eigenvalue weighted by molar-refractivity contribution is 5.92. The number of hydrogen-bond acceptors (Lipinski definition) is 6. The lowest BCUT2D eigenvalue weighted by Crippen LogP contribution is -2.54. The van der Waals surface area contributed by atoms with Crippen molar-refractivity contribution in [3.63, 3.8) is 0 Å². The van der Waals surface area contributed by atoms with E-state index >= 15 is 0 Å². The summed E-state index contributed by atoms with van der Waals surface area (Å²) >= 11 is 0. The summed E-state index contributed by atoms with van der Waals surface area (Å²) < 4.78 is 5.29. The normalized spacial score (nSPS) is 12.9. The number of amides is 3. The van der Waals surface area contributed by atoms with Gasteiger partial charge in [0.25, 0.3) is 0 Å². The summed E-state index contributed by atoms with van der Waals surface area (Å²) in [4.78, 5) is 41.4. The van der Waals surface area contributed by atoms with E-state index in [4.69, 9.17) is 4.74 Å². The molecule has 1 aromatic rings. The van der Waals surface area contributed by atoms with E-state index < -0.39 is 36.3 Å². The molecule has 0 saturated carbocycles.